The van der Waals surface area contributed by atoms with Crippen molar-refractivity contribution in [3.05, 3.63) is 63.6 Å². The third kappa shape index (κ3) is 8.71. The van der Waals surface area contributed by atoms with Crippen molar-refractivity contribution < 1.29 is 14.3 Å². The first kappa shape index (κ1) is 27.3. The van der Waals surface area contributed by atoms with Gasteiger partial charge in [-0.15, -0.1) is 0 Å². The summed E-state index contributed by atoms with van der Waals surface area (Å²) in [6, 6.07) is 12.9. The number of likely N-dealkylation sites (tertiary alicyclic amines) is 1. The monoisotopic (exact) mass is 519 g/mol. The number of hydrogen-bond acceptors (Lipinski definition) is 4. The van der Waals surface area contributed by atoms with E-state index in [9.17, 15) is 9.59 Å². The first-order chi connectivity index (χ1) is 16.7. The van der Waals surface area contributed by atoms with Gasteiger partial charge in [0.1, 0.15) is 0 Å². The largest absolute Gasteiger partial charge is 0.469 e. The summed E-state index contributed by atoms with van der Waals surface area (Å²) in [6.07, 6.45) is 3.41. The van der Waals surface area contributed by atoms with Gasteiger partial charge in [0.25, 0.3) is 0 Å². The van der Waals surface area contributed by atoms with Crippen molar-refractivity contribution in [3.63, 3.8) is 0 Å². The number of anilines is 1. The number of hydrogen-bond donors (Lipinski definition) is 2. The van der Waals surface area contributed by atoms with E-state index in [1.54, 1.807) is 6.07 Å². The summed E-state index contributed by atoms with van der Waals surface area (Å²) >= 11 is 12.2. The number of benzene rings is 2. The van der Waals surface area contributed by atoms with Gasteiger partial charge in [0.15, 0.2) is 0 Å². The lowest BCUT2D eigenvalue weighted by atomic mass is 9.89. The minimum Gasteiger partial charge on any atom is -0.469 e. The molecule has 0 aromatic heterocycles. The molecule has 1 aliphatic heterocycles. The Hall–Kier alpha value is -2.28. The van der Waals surface area contributed by atoms with Crippen molar-refractivity contribution in [2.45, 2.75) is 45.6 Å². The summed E-state index contributed by atoms with van der Waals surface area (Å²) in [5.41, 5.74) is 2.67. The molecule has 0 aliphatic carbocycles. The van der Waals surface area contributed by atoms with Gasteiger partial charge in [-0.25, -0.2) is 4.79 Å². The molecule has 0 saturated carbocycles. The lowest BCUT2D eigenvalue weighted by Crippen LogP contribution is -2.49. The number of halogens is 2. The summed E-state index contributed by atoms with van der Waals surface area (Å²) in [5.74, 6) is 0.599. The van der Waals surface area contributed by atoms with Gasteiger partial charge in [-0.1, -0.05) is 55.2 Å². The van der Waals surface area contributed by atoms with E-state index in [-0.39, 0.29) is 24.5 Å². The maximum Gasteiger partial charge on any atom is 0.319 e. The van der Waals surface area contributed by atoms with Gasteiger partial charge >= 0.3 is 12.0 Å². The van der Waals surface area contributed by atoms with Crippen molar-refractivity contribution in [3.8, 4) is 0 Å². The highest BCUT2D eigenvalue weighted by Gasteiger charge is 2.24. The first-order valence-corrected chi connectivity index (χ1v) is 12.9. The van der Waals surface area contributed by atoms with E-state index >= 15 is 0 Å². The van der Waals surface area contributed by atoms with Crippen molar-refractivity contribution >= 4 is 40.9 Å². The third-order valence-corrected chi connectivity index (χ3v) is 7.29. The normalized spacial score (nSPS) is 15.6. The topological polar surface area (TPSA) is 70.7 Å². The minimum atomic E-state index is -0.313. The zero-order chi connectivity index (χ0) is 25.4. The molecule has 35 heavy (non-hydrogen) atoms. The number of piperidine rings is 1. The molecule has 1 heterocycles. The van der Waals surface area contributed by atoms with Crippen LogP contribution in [0.2, 0.25) is 10.0 Å². The molecule has 1 saturated heterocycles. The number of ether oxygens (including phenoxy) is 1. The van der Waals surface area contributed by atoms with E-state index < -0.39 is 0 Å². The fourth-order valence-electron chi connectivity index (χ4n) is 4.41. The standard InChI is InChI=1S/C27H35Cl2N3O3/c1-18(2)25(31-27(34)30-22-6-4-5-20(14-22)16-26(33)35-3)17-32-11-9-19(10-12-32)13-21-7-8-23(28)24(29)15-21/h4-8,14-15,18-19,25H,9-13,16-17H2,1-3H3,(H2,30,31,34)/t25-/m0/s1. The second kappa shape index (κ2) is 13.1. The van der Waals surface area contributed by atoms with Crippen LogP contribution in [0, 0.1) is 11.8 Å². The van der Waals surface area contributed by atoms with Crippen LogP contribution in [0.1, 0.15) is 37.8 Å². The van der Waals surface area contributed by atoms with Crippen LogP contribution in [0.15, 0.2) is 42.5 Å². The van der Waals surface area contributed by atoms with Gasteiger partial charge < -0.3 is 20.3 Å². The molecule has 0 spiro atoms. The average Bonchev–Trinajstić information content (AvgIpc) is 2.82. The zero-order valence-electron chi connectivity index (χ0n) is 20.7. The number of nitrogens with one attached hydrogen (secondary N) is 2. The molecule has 190 valence electrons. The van der Waals surface area contributed by atoms with Gasteiger partial charge in [0.2, 0.25) is 0 Å². The van der Waals surface area contributed by atoms with Crippen molar-refractivity contribution in [1.29, 1.82) is 0 Å². The Morgan fingerprint density at radius 3 is 2.46 bits per heavy atom. The van der Waals surface area contributed by atoms with E-state index in [2.05, 4.69) is 35.4 Å². The molecule has 1 atom stereocenters. The molecule has 2 aromatic rings. The molecular weight excluding hydrogens is 485 g/mol. The van der Waals surface area contributed by atoms with Gasteiger partial charge in [0, 0.05) is 18.3 Å². The van der Waals surface area contributed by atoms with Crippen molar-refractivity contribution in [2.24, 2.45) is 11.8 Å². The van der Waals surface area contributed by atoms with E-state index in [0.29, 0.717) is 27.6 Å². The van der Waals surface area contributed by atoms with Gasteiger partial charge in [-0.05, 0) is 79.6 Å². The van der Waals surface area contributed by atoms with Gasteiger partial charge in [0.05, 0.1) is 23.6 Å². The van der Waals surface area contributed by atoms with Gasteiger partial charge in [-0.3, -0.25) is 4.79 Å². The average molecular weight is 521 g/mol. The van der Waals surface area contributed by atoms with Crippen molar-refractivity contribution in [1.82, 2.24) is 10.2 Å². The van der Waals surface area contributed by atoms with Crippen LogP contribution >= 0.6 is 23.2 Å². The Labute approximate surface area is 218 Å². The molecule has 8 heteroatoms. The van der Waals surface area contributed by atoms with Crippen LogP contribution in [0.4, 0.5) is 10.5 Å². The van der Waals surface area contributed by atoms with Crippen molar-refractivity contribution in [2.75, 3.05) is 32.1 Å². The van der Waals surface area contributed by atoms with Crippen LogP contribution in [0.5, 0.6) is 0 Å². The second-order valence-corrected chi connectivity index (χ2v) is 10.4. The number of methoxy groups -OCH3 is 1. The number of urea groups is 1. The number of nitrogens with zero attached hydrogens (tertiary/aromatic N) is 1. The fraction of sp³-hybridized carbons (Fsp3) is 0.481. The number of carbonyl (C=O) groups is 2. The van der Waals surface area contributed by atoms with E-state index in [4.69, 9.17) is 27.9 Å². The molecule has 1 aliphatic rings. The lowest BCUT2D eigenvalue weighted by molar-refractivity contribution is -0.139. The molecule has 3 rings (SSSR count). The fourth-order valence-corrected chi connectivity index (χ4v) is 4.73. The zero-order valence-corrected chi connectivity index (χ0v) is 22.2. The number of rotatable bonds is 9. The Morgan fingerprint density at radius 1 is 1.06 bits per heavy atom. The third-order valence-electron chi connectivity index (χ3n) is 6.55. The Balaban J connectivity index is 1.48. The molecular formula is C27H35Cl2N3O3. The van der Waals surface area contributed by atoms with E-state index in [1.165, 1.54) is 12.7 Å². The number of carbonyl (C=O) groups excluding carboxylic acids is 2. The number of amides is 2. The summed E-state index contributed by atoms with van der Waals surface area (Å²) in [6.45, 7) is 7.08. The molecule has 0 bridgehead atoms. The summed E-state index contributed by atoms with van der Waals surface area (Å²) in [5, 5.41) is 7.24. The molecule has 1 fully saturated rings. The van der Waals surface area contributed by atoms with Crippen LogP contribution in [-0.2, 0) is 22.4 Å². The molecule has 2 N–H and O–H groups in total. The quantitative estimate of drug-likeness (QED) is 0.410. The predicted octanol–water partition coefficient (Wildman–Crippen LogP) is 5.81. The molecule has 2 amide bonds. The van der Waals surface area contributed by atoms with Crippen LogP contribution in [0.3, 0.4) is 0 Å². The van der Waals surface area contributed by atoms with Crippen LogP contribution in [-0.4, -0.2) is 49.7 Å². The minimum absolute atomic E-state index is 0.0277. The highest BCUT2D eigenvalue weighted by molar-refractivity contribution is 6.42. The van der Waals surface area contributed by atoms with Crippen LogP contribution in [0.25, 0.3) is 0 Å². The van der Waals surface area contributed by atoms with Gasteiger partial charge in [-0.2, -0.15) is 0 Å². The summed E-state index contributed by atoms with van der Waals surface area (Å²) in [4.78, 5) is 26.7. The molecule has 0 unspecified atom stereocenters. The highest BCUT2D eigenvalue weighted by atomic mass is 35.5. The molecule has 0 radical (unpaired) electrons. The lowest BCUT2D eigenvalue weighted by Gasteiger charge is -2.35. The maximum atomic E-state index is 12.7. The highest BCUT2D eigenvalue weighted by Crippen LogP contribution is 2.27. The second-order valence-electron chi connectivity index (χ2n) is 9.60. The Bertz CT molecular complexity index is 1010. The molecule has 6 nitrogen and oxygen atoms in total. The van der Waals surface area contributed by atoms with Crippen LogP contribution < -0.4 is 10.6 Å². The maximum absolute atomic E-state index is 12.7. The molecule has 2 aromatic carbocycles. The predicted molar refractivity (Wildman–Crippen MR) is 142 cm³/mol. The number of esters is 1. The Morgan fingerprint density at radius 2 is 1.80 bits per heavy atom. The first-order valence-electron chi connectivity index (χ1n) is 12.1. The van der Waals surface area contributed by atoms with E-state index in [1.807, 2.05) is 30.3 Å². The summed E-state index contributed by atoms with van der Waals surface area (Å²) < 4.78 is 4.72. The van der Waals surface area contributed by atoms with E-state index in [0.717, 1.165) is 44.5 Å². The SMILES string of the molecule is COC(=O)Cc1cccc(NC(=O)N[C@@H](CN2CCC(Cc3ccc(Cl)c(Cl)c3)CC2)C(C)C)c1. The Kier molecular flexibility index (Phi) is 10.3. The smallest absolute Gasteiger partial charge is 0.319 e. The summed E-state index contributed by atoms with van der Waals surface area (Å²) in [7, 11) is 1.36.